The molecule has 3 rings (SSSR count). The molecule has 1 unspecified atom stereocenters. The van der Waals surface area contributed by atoms with Crippen LogP contribution in [0.3, 0.4) is 0 Å². The predicted octanol–water partition coefficient (Wildman–Crippen LogP) is 0.744. The molecule has 1 fully saturated rings. The van der Waals surface area contributed by atoms with E-state index in [1.807, 2.05) is 0 Å². The molecule has 0 spiro atoms. The highest BCUT2D eigenvalue weighted by atomic mass is 16.5. The van der Waals surface area contributed by atoms with E-state index >= 15 is 0 Å². The van der Waals surface area contributed by atoms with Crippen molar-refractivity contribution in [2.45, 2.75) is 6.17 Å². The first-order chi connectivity index (χ1) is 12.0. The quantitative estimate of drug-likeness (QED) is 0.819. The smallest absolute Gasteiger partial charge is 0.323 e. The number of urea groups is 1. The number of rotatable bonds is 5. The molecule has 1 aromatic carbocycles. The molecule has 1 atom stereocenters. The van der Waals surface area contributed by atoms with E-state index in [9.17, 15) is 9.59 Å². The first-order valence-corrected chi connectivity index (χ1v) is 7.32. The Morgan fingerprint density at radius 2 is 1.72 bits per heavy atom. The third-order valence-corrected chi connectivity index (χ3v) is 3.59. The standard InChI is InChI=1S/C16H16N4O5/c1-23-9-6-8(7-10(24-2)13(9)25-3)4-5-11-17-12-14(18-11)19-16(22)20-15(12)21/h4-7,14H,1-3H3,(H2,19,20,21,22)/b5-4+. The summed E-state index contributed by atoms with van der Waals surface area (Å²) in [4.78, 5) is 31.3. The number of nitrogens with zero attached hydrogens (tertiary/aromatic N) is 2. The fourth-order valence-corrected chi connectivity index (χ4v) is 2.46. The van der Waals surface area contributed by atoms with Crippen molar-refractivity contribution in [1.82, 2.24) is 10.6 Å². The van der Waals surface area contributed by atoms with Crippen molar-refractivity contribution in [3.63, 3.8) is 0 Å². The van der Waals surface area contributed by atoms with Crippen molar-refractivity contribution >= 4 is 29.6 Å². The van der Waals surface area contributed by atoms with Gasteiger partial charge in [-0.3, -0.25) is 10.1 Å². The molecule has 9 nitrogen and oxygen atoms in total. The molecule has 9 heteroatoms. The molecule has 0 aliphatic carbocycles. The number of nitrogens with one attached hydrogen (secondary N) is 2. The van der Waals surface area contributed by atoms with Crippen molar-refractivity contribution in [2.24, 2.45) is 9.98 Å². The number of hydrogen-bond donors (Lipinski definition) is 2. The van der Waals surface area contributed by atoms with Crippen LogP contribution in [0.5, 0.6) is 17.2 Å². The molecule has 0 aromatic heterocycles. The van der Waals surface area contributed by atoms with Crippen LogP contribution in [0.15, 0.2) is 28.2 Å². The zero-order chi connectivity index (χ0) is 18.0. The fourth-order valence-electron chi connectivity index (χ4n) is 2.46. The lowest BCUT2D eigenvalue weighted by Crippen LogP contribution is -2.57. The van der Waals surface area contributed by atoms with Crippen LogP contribution in [-0.2, 0) is 4.79 Å². The van der Waals surface area contributed by atoms with Gasteiger partial charge in [-0.2, -0.15) is 0 Å². The monoisotopic (exact) mass is 344 g/mol. The number of fused-ring (bicyclic) bond motifs is 1. The number of imide groups is 1. The van der Waals surface area contributed by atoms with E-state index in [2.05, 4.69) is 20.6 Å². The van der Waals surface area contributed by atoms with Gasteiger partial charge in [0.2, 0.25) is 5.75 Å². The maximum absolute atomic E-state index is 11.7. The number of carbonyl (C=O) groups is 2. The zero-order valence-corrected chi connectivity index (χ0v) is 13.8. The molecule has 25 heavy (non-hydrogen) atoms. The van der Waals surface area contributed by atoms with Crippen molar-refractivity contribution in [2.75, 3.05) is 21.3 Å². The number of carbonyl (C=O) groups excluding carboxylic acids is 2. The summed E-state index contributed by atoms with van der Waals surface area (Å²) in [7, 11) is 4.59. The van der Waals surface area contributed by atoms with Crippen LogP contribution >= 0.6 is 0 Å². The highest BCUT2D eigenvalue weighted by molar-refractivity contribution is 6.47. The average molecular weight is 344 g/mol. The van der Waals surface area contributed by atoms with Gasteiger partial charge in [0, 0.05) is 0 Å². The average Bonchev–Trinajstić information content (AvgIpc) is 3.02. The second kappa shape index (κ2) is 6.63. The number of amides is 3. The molecule has 1 saturated heterocycles. The lowest BCUT2D eigenvalue weighted by Gasteiger charge is -2.17. The van der Waals surface area contributed by atoms with Crippen molar-refractivity contribution < 1.29 is 23.8 Å². The van der Waals surface area contributed by atoms with Gasteiger partial charge >= 0.3 is 6.03 Å². The third kappa shape index (κ3) is 3.16. The first kappa shape index (κ1) is 16.5. The summed E-state index contributed by atoms with van der Waals surface area (Å²) in [6.07, 6.45) is 2.62. The minimum atomic E-state index is -0.749. The van der Waals surface area contributed by atoms with Gasteiger partial charge in [-0.1, -0.05) is 6.08 Å². The Bertz CT molecular complexity index is 803. The van der Waals surface area contributed by atoms with E-state index in [-0.39, 0.29) is 5.71 Å². The van der Waals surface area contributed by atoms with E-state index < -0.39 is 18.1 Å². The van der Waals surface area contributed by atoms with Crippen LogP contribution in [-0.4, -0.2) is 51.0 Å². The van der Waals surface area contributed by atoms with Gasteiger partial charge in [0.1, 0.15) is 5.84 Å². The maximum atomic E-state index is 11.7. The predicted molar refractivity (Wildman–Crippen MR) is 90.5 cm³/mol. The molecular formula is C16H16N4O5. The van der Waals surface area contributed by atoms with Crippen LogP contribution in [0.2, 0.25) is 0 Å². The number of amidine groups is 1. The largest absolute Gasteiger partial charge is 0.493 e. The van der Waals surface area contributed by atoms with Gasteiger partial charge in [-0.15, -0.1) is 0 Å². The molecule has 0 radical (unpaired) electrons. The highest BCUT2D eigenvalue weighted by Gasteiger charge is 2.34. The lowest BCUT2D eigenvalue weighted by atomic mass is 10.1. The zero-order valence-electron chi connectivity index (χ0n) is 13.8. The molecule has 0 bridgehead atoms. The van der Waals surface area contributed by atoms with Gasteiger partial charge < -0.3 is 19.5 Å². The van der Waals surface area contributed by atoms with E-state index in [0.717, 1.165) is 5.56 Å². The second-order valence-corrected chi connectivity index (χ2v) is 5.11. The Balaban J connectivity index is 1.87. The first-order valence-electron chi connectivity index (χ1n) is 7.32. The van der Waals surface area contributed by atoms with Crippen molar-refractivity contribution in [1.29, 1.82) is 0 Å². The Kier molecular flexibility index (Phi) is 4.38. The number of ether oxygens (including phenoxy) is 3. The Morgan fingerprint density at radius 1 is 1.04 bits per heavy atom. The Morgan fingerprint density at radius 3 is 2.32 bits per heavy atom. The van der Waals surface area contributed by atoms with Gasteiger partial charge in [-0.05, 0) is 23.8 Å². The number of methoxy groups -OCH3 is 3. The maximum Gasteiger partial charge on any atom is 0.323 e. The molecule has 1 aromatic rings. The number of aliphatic imine (C=N–C) groups is 2. The van der Waals surface area contributed by atoms with Gasteiger partial charge in [0.15, 0.2) is 23.4 Å². The summed E-state index contributed by atoms with van der Waals surface area (Å²) >= 11 is 0. The molecule has 3 amide bonds. The summed E-state index contributed by atoms with van der Waals surface area (Å²) in [6, 6.07) is 2.94. The van der Waals surface area contributed by atoms with Gasteiger partial charge in [0.25, 0.3) is 5.91 Å². The lowest BCUT2D eigenvalue weighted by molar-refractivity contribution is -0.114. The molecule has 2 aliphatic rings. The number of benzene rings is 1. The van der Waals surface area contributed by atoms with Crippen molar-refractivity contribution in [3.05, 3.63) is 23.8 Å². The summed E-state index contributed by atoms with van der Waals surface area (Å²) in [5, 5.41) is 4.63. The van der Waals surface area contributed by atoms with Crippen molar-refractivity contribution in [3.8, 4) is 17.2 Å². The van der Waals surface area contributed by atoms with Crippen LogP contribution in [0.25, 0.3) is 6.08 Å². The second-order valence-electron chi connectivity index (χ2n) is 5.11. The molecule has 130 valence electrons. The van der Waals surface area contributed by atoms with Crippen LogP contribution in [0.1, 0.15) is 5.56 Å². The van der Waals surface area contributed by atoms with E-state index in [1.54, 1.807) is 24.3 Å². The summed E-state index contributed by atoms with van der Waals surface area (Å²) < 4.78 is 15.9. The van der Waals surface area contributed by atoms with E-state index in [0.29, 0.717) is 23.1 Å². The van der Waals surface area contributed by atoms with E-state index in [4.69, 9.17) is 14.2 Å². The third-order valence-electron chi connectivity index (χ3n) is 3.59. The molecule has 2 aliphatic heterocycles. The summed E-state index contributed by atoms with van der Waals surface area (Å²) in [6.45, 7) is 0. The van der Waals surface area contributed by atoms with E-state index in [1.165, 1.54) is 21.3 Å². The Labute approximate surface area is 143 Å². The Hall–Kier alpha value is -3.36. The van der Waals surface area contributed by atoms with Gasteiger partial charge in [-0.25, -0.2) is 14.8 Å². The minimum Gasteiger partial charge on any atom is -0.493 e. The SMILES string of the molecule is COc1cc(/C=C/C2=NC3NC(=O)NC(=O)C3=N2)cc(OC)c1OC. The minimum absolute atomic E-state index is 0.157. The summed E-state index contributed by atoms with van der Waals surface area (Å²) in [5.41, 5.74) is 0.921. The fraction of sp³-hybridized carbons (Fsp3) is 0.250. The highest BCUT2D eigenvalue weighted by Crippen LogP contribution is 2.38. The molecular weight excluding hydrogens is 328 g/mol. The molecule has 0 saturated carbocycles. The van der Waals surface area contributed by atoms with Crippen LogP contribution in [0, 0.1) is 0 Å². The van der Waals surface area contributed by atoms with Crippen LogP contribution < -0.4 is 24.8 Å². The molecule has 2 N–H and O–H groups in total. The topological polar surface area (TPSA) is 111 Å². The summed E-state index contributed by atoms with van der Waals surface area (Å²) in [5.74, 6) is 1.30. The van der Waals surface area contributed by atoms with Gasteiger partial charge in [0.05, 0.1) is 21.3 Å². The normalized spacial score (nSPS) is 18.9. The number of hydrogen-bond acceptors (Lipinski definition) is 7. The molecule has 2 heterocycles. The van der Waals surface area contributed by atoms with Crippen LogP contribution in [0.4, 0.5) is 4.79 Å².